The van der Waals surface area contributed by atoms with Crippen LogP contribution in [-0.4, -0.2) is 23.2 Å². The minimum absolute atomic E-state index is 0.0494. The molecule has 0 radical (unpaired) electrons. The molecular weight excluding hydrogens is 253 g/mol. The maximum absolute atomic E-state index is 13.2. The van der Waals surface area contributed by atoms with Crippen molar-refractivity contribution in [1.82, 2.24) is 5.32 Å². The van der Waals surface area contributed by atoms with E-state index in [1.807, 2.05) is 0 Å². The van der Waals surface area contributed by atoms with E-state index < -0.39 is 0 Å². The molecule has 0 saturated carbocycles. The average Bonchev–Trinajstić information content (AvgIpc) is 2.30. The summed E-state index contributed by atoms with van der Waals surface area (Å²) in [6.45, 7) is 3.48. The van der Waals surface area contributed by atoms with Gasteiger partial charge in [0.1, 0.15) is 11.6 Å². The number of nitrogens with one attached hydrogen (secondary N) is 1. The summed E-state index contributed by atoms with van der Waals surface area (Å²) in [5.74, 6) is 0.212. The van der Waals surface area contributed by atoms with E-state index in [4.69, 9.17) is 0 Å². The van der Waals surface area contributed by atoms with Crippen molar-refractivity contribution >= 4 is 23.5 Å². The quantitative estimate of drug-likeness (QED) is 0.860. The van der Waals surface area contributed by atoms with Gasteiger partial charge < -0.3 is 5.32 Å². The molecule has 0 heterocycles. The van der Waals surface area contributed by atoms with E-state index in [1.54, 1.807) is 19.1 Å². The minimum atomic E-state index is -0.271. The Hall–Kier alpha value is -1.36. The van der Waals surface area contributed by atoms with Gasteiger partial charge in [-0.05, 0) is 31.0 Å². The second-order valence-corrected chi connectivity index (χ2v) is 5.04. The number of carbonyl (C=O) groups is 2. The minimum Gasteiger partial charge on any atom is -0.351 e. The molecule has 0 atom stereocenters. The molecule has 0 saturated heterocycles. The van der Waals surface area contributed by atoms with Crippen LogP contribution in [0.2, 0.25) is 0 Å². The van der Waals surface area contributed by atoms with Crippen molar-refractivity contribution in [3.8, 4) is 0 Å². The number of carbonyl (C=O) groups excluding carboxylic acids is 2. The van der Waals surface area contributed by atoms with Gasteiger partial charge in [0.25, 0.3) is 0 Å². The number of amides is 1. The molecule has 0 unspecified atom stereocenters. The highest BCUT2D eigenvalue weighted by Crippen LogP contribution is 2.09. The van der Waals surface area contributed by atoms with Crippen LogP contribution in [0.1, 0.15) is 18.1 Å². The van der Waals surface area contributed by atoms with Gasteiger partial charge in [0.15, 0.2) is 0 Å². The molecule has 1 aromatic rings. The Kier molecular flexibility index (Phi) is 5.85. The molecule has 0 aliphatic heterocycles. The first-order chi connectivity index (χ1) is 8.49. The van der Waals surface area contributed by atoms with Crippen molar-refractivity contribution in [2.45, 2.75) is 20.4 Å². The normalized spacial score (nSPS) is 10.2. The van der Waals surface area contributed by atoms with E-state index in [0.29, 0.717) is 17.9 Å². The van der Waals surface area contributed by atoms with Crippen molar-refractivity contribution in [2.75, 3.05) is 11.5 Å². The molecule has 0 spiro atoms. The van der Waals surface area contributed by atoms with Crippen molar-refractivity contribution in [3.63, 3.8) is 0 Å². The van der Waals surface area contributed by atoms with E-state index in [-0.39, 0.29) is 23.3 Å². The van der Waals surface area contributed by atoms with Crippen LogP contribution in [0.5, 0.6) is 0 Å². The SMILES string of the molecule is CC(=O)CSCC(=O)NCc1ccc(C)c(F)c1. The largest absolute Gasteiger partial charge is 0.351 e. The first kappa shape index (κ1) is 14.7. The first-order valence-corrected chi connectivity index (χ1v) is 6.73. The second-order valence-electron chi connectivity index (χ2n) is 4.06. The molecule has 0 aromatic heterocycles. The number of aryl methyl sites for hydroxylation is 1. The monoisotopic (exact) mass is 269 g/mol. The summed E-state index contributed by atoms with van der Waals surface area (Å²) in [4.78, 5) is 22.1. The third kappa shape index (κ3) is 5.31. The predicted octanol–water partition coefficient (Wildman–Crippen LogP) is 2.07. The van der Waals surface area contributed by atoms with Gasteiger partial charge in [-0.15, -0.1) is 11.8 Å². The lowest BCUT2D eigenvalue weighted by Crippen LogP contribution is -2.25. The van der Waals surface area contributed by atoms with E-state index in [9.17, 15) is 14.0 Å². The molecule has 1 amide bonds. The van der Waals surface area contributed by atoms with Gasteiger partial charge in [-0.1, -0.05) is 12.1 Å². The van der Waals surface area contributed by atoms with Crippen LogP contribution in [0, 0.1) is 12.7 Å². The number of halogens is 1. The Labute approximate surface area is 110 Å². The third-order valence-electron chi connectivity index (χ3n) is 2.26. The van der Waals surface area contributed by atoms with Crippen LogP contribution in [0.15, 0.2) is 18.2 Å². The standard InChI is InChI=1S/C13H16FNO2S/c1-9-3-4-11(5-12(9)14)6-15-13(17)8-18-7-10(2)16/h3-5H,6-8H2,1-2H3,(H,15,17). The summed E-state index contributed by atoms with van der Waals surface area (Å²) >= 11 is 1.27. The van der Waals surface area contributed by atoms with Crippen LogP contribution >= 0.6 is 11.8 Å². The Bertz CT molecular complexity index is 449. The van der Waals surface area contributed by atoms with Gasteiger partial charge >= 0.3 is 0 Å². The van der Waals surface area contributed by atoms with Gasteiger partial charge in [-0.2, -0.15) is 0 Å². The lowest BCUT2D eigenvalue weighted by atomic mass is 10.1. The van der Waals surface area contributed by atoms with Gasteiger partial charge in [-0.25, -0.2) is 4.39 Å². The van der Waals surface area contributed by atoms with Crippen molar-refractivity contribution in [3.05, 3.63) is 35.1 Å². The zero-order valence-corrected chi connectivity index (χ0v) is 11.3. The topological polar surface area (TPSA) is 46.2 Å². The first-order valence-electron chi connectivity index (χ1n) is 5.58. The van der Waals surface area contributed by atoms with Crippen LogP contribution in [0.4, 0.5) is 4.39 Å². The fourth-order valence-electron chi connectivity index (χ4n) is 1.29. The highest BCUT2D eigenvalue weighted by atomic mass is 32.2. The van der Waals surface area contributed by atoms with E-state index in [1.165, 1.54) is 24.8 Å². The highest BCUT2D eigenvalue weighted by molar-refractivity contribution is 8.00. The van der Waals surface area contributed by atoms with Gasteiger partial charge in [0, 0.05) is 6.54 Å². The summed E-state index contributed by atoms with van der Waals surface area (Å²) < 4.78 is 13.2. The molecule has 0 fully saturated rings. The molecule has 18 heavy (non-hydrogen) atoms. The maximum atomic E-state index is 13.2. The number of benzene rings is 1. The molecule has 1 aromatic carbocycles. The fraction of sp³-hybridized carbons (Fsp3) is 0.385. The number of thioether (sulfide) groups is 1. The predicted molar refractivity (Wildman–Crippen MR) is 71.0 cm³/mol. The number of hydrogen-bond acceptors (Lipinski definition) is 3. The smallest absolute Gasteiger partial charge is 0.230 e. The summed E-state index contributed by atoms with van der Waals surface area (Å²) in [6, 6.07) is 4.88. The molecule has 1 rings (SSSR count). The maximum Gasteiger partial charge on any atom is 0.230 e. The third-order valence-corrected chi connectivity index (χ3v) is 3.34. The van der Waals surface area contributed by atoms with Gasteiger partial charge in [0.05, 0.1) is 11.5 Å². The summed E-state index contributed by atoms with van der Waals surface area (Å²) in [5, 5.41) is 2.68. The van der Waals surface area contributed by atoms with E-state index in [2.05, 4.69) is 5.32 Å². The lowest BCUT2D eigenvalue weighted by molar-refractivity contribution is -0.118. The molecule has 3 nitrogen and oxygen atoms in total. The molecule has 0 aliphatic carbocycles. The molecular formula is C13H16FNO2S. The molecule has 0 bridgehead atoms. The van der Waals surface area contributed by atoms with Gasteiger partial charge in [0.2, 0.25) is 5.91 Å². The number of hydrogen-bond donors (Lipinski definition) is 1. The fourth-order valence-corrected chi connectivity index (χ4v) is 1.96. The number of rotatable bonds is 6. The molecule has 1 N–H and O–H groups in total. The zero-order chi connectivity index (χ0) is 13.5. The molecule has 0 aliphatic rings. The van der Waals surface area contributed by atoms with Crippen molar-refractivity contribution in [1.29, 1.82) is 0 Å². The average molecular weight is 269 g/mol. The van der Waals surface area contributed by atoms with Crippen molar-refractivity contribution in [2.24, 2.45) is 0 Å². The summed E-state index contributed by atoms with van der Waals surface area (Å²) in [7, 11) is 0. The van der Waals surface area contributed by atoms with E-state index >= 15 is 0 Å². The summed E-state index contributed by atoms with van der Waals surface area (Å²) in [6.07, 6.45) is 0. The molecule has 5 heteroatoms. The Morgan fingerprint density at radius 1 is 1.33 bits per heavy atom. The zero-order valence-electron chi connectivity index (χ0n) is 10.5. The van der Waals surface area contributed by atoms with Crippen molar-refractivity contribution < 1.29 is 14.0 Å². The Balaban J connectivity index is 2.33. The number of ketones is 1. The Morgan fingerprint density at radius 3 is 2.67 bits per heavy atom. The highest BCUT2D eigenvalue weighted by Gasteiger charge is 2.04. The van der Waals surface area contributed by atoms with Crippen LogP contribution < -0.4 is 5.32 Å². The van der Waals surface area contributed by atoms with Crippen LogP contribution in [0.3, 0.4) is 0 Å². The number of Topliss-reactive ketones (excluding diaryl/α,β-unsaturated/α-hetero) is 1. The van der Waals surface area contributed by atoms with Crippen LogP contribution in [-0.2, 0) is 16.1 Å². The summed E-state index contributed by atoms with van der Waals surface area (Å²) in [5.41, 5.74) is 1.31. The van der Waals surface area contributed by atoms with E-state index in [0.717, 1.165) is 5.56 Å². The molecule has 98 valence electrons. The Morgan fingerprint density at radius 2 is 2.06 bits per heavy atom. The van der Waals surface area contributed by atoms with Crippen LogP contribution in [0.25, 0.3) is 0 Å². The lowest BCUT2D eigenvalue weighted by Gasteiger charge is -2.06. The second kappa shape index (κ2) is 7.16. The van der Waals surface area contributed by atoms with Gasteiger partial charge in [-0.3, -0.25) is 9.59 Å².